The molecule has 0 aromatic rings. The van der Waals surface area contributed by atoms with E-state index in [9.17, 15) is 19.5 Å². The summed E-state index contributed by atoms with van der Waals surface area (Å²) in [4.78, 5) is 33.0. The van der Waals surface area contributed by atoms with Crippen LogP contribution in [0.5, 0.6) is 0 Å². The van der Waals surface area contributed by atoms with Crippen molar-refractivity contribution in [3.63, 3.8) is 0 Å². The van der Waals surface area contributed by atoms with Crippen molar-refractivity contribution in [1.29, 1.82) is 0 Å². The second-order valence-electron chi connectivity index (χ2n) is 4.46. The molecule has 0 spiro atoms. The van der Waals surface area contributed by atoms with Crippen molar-refractivity contribution in [1.82, 2.24) is 0 Å². The smallest absolute Gasteiger partial charge is 0.303 e. The van der Waals surface area contributed by atoms with Gasteiger partial charge in [0.05, 0.1) is 0 Å². The first-order valence-corrected chi connectivity index (χ1v) is 6.61. The van der Waals surface area contributed by atoms with E-state index in [1.807, 2.05) is 0 Å². The number of carbonyl (C=O) groups is 3. The topological polar surface area (TPSA) is 108 Å². The first-order chi connectivity index (χ1) is 9.72. The normalized spacial score (nSPS) is 32.1. The Balaban J connectivity index is 2.86. The molecule has 1 aliphatic heterocycles. The quantitative estimate of drug-likeness (QED) is 0.428. The first-order valence-electron chi connectivity index (χ1n) is 6.17. The van der Waals surface area contributed by atoms with Gasteiger partial charge in [-0.1, -0.05) is 0 Å². The summed E-state index contributed by atoms with van der Waals surface area (Å²) in [7, 11) is 0. The lowest BCUT2D eigenvalue weighted by Crippen LogP contribution is -2.59. The summed E-state index contributed by atoms with van der Waals surface area (Å²) >= 11 is 6.11. The number of rotatable bonds is 4. The number of halogens is 1. The fraction of sp³-hybridized carbons (Fsp3) is 0.750. The van der Waals surface area contributed by atoms with Crippen LogP contribution < -0.4 is 0 Å². The molecule has 1 fully saturated rings. The Hall–Kier alpha value is -1.38. The number of hydrogen-bond acceptors (Lipinski definition) is 8. The van der Waals surface area contributed by atoms with Crippen LogP contribution in [0, 0.1) is 0 Å². The number of alkyl halides is 1. The number of ether oxygens (including phenoxy) is 4. The van der Waals surface area contributed by atoms with Crippen molar-refractivity contribution >= 4 is 29.5 Å². The second-order valence-corrected chi connectivity index (χ2v) is 4.96. The lowest BCUT2D eigenvalue weighted by Gasteiger charge is -2.40. The fourth-order valence-corrected chi connectivity index (χ4v) is 2.25. The van der Waals surface area contributed by atoms with Gasteiger partial charge in [-0.2, -0.15) is 0 Å². The summed E-state index contributed by atoms with van der Waals surface area (Å²) in [6, 6.07) is 0. The minimum absolute atomic E-state index is 0.264. The molecule has 8 nitrogen and oxygen atoms in total. The molecule has 1 N–H and O–H groups in total. The Kier molecular flexibility index (Phi) is 6.38. The summed E-state index contributed by atoms with van der Waals surface area (Å²) in [5.74, 6) is -1.88. The van der Waals surface area contributed by atoms with E-state index in [1.54, 1.807) is 0 Å². The van der Waals surface area contributed by atoms with Gasteiger partial charge in [-0.25, -0.2) is 0 Å². The van der Waals surface area contributed by atoms with E-state index in [2.05, 4.69) is 0 Å². The van der Waals surface area contributed by atoms with Crippen LogP contribution in [0.4, 0.5) is 0 Å². The summed E-state index contributed by atoms with van der Waals surface area (Å²) < 4.78 is 19.8. The van der Waals surface area contributed by atoms with Crippen LogP contribution in [0.2, 0.25) is 0 Å². The van der Waals surface area contributed by atoms with Gasteiger partial charge in [0.2, 0.25) is 0 Å². The Morgan fingerprint density at radius 2 is 1.57 bits per heavy atom. The average Bonchev–Trinajstić information content (AvgIpc) is 2.35. The molecule has 9 heteroatoms. The third-order valence-corrected chi connectivity index (χ3v) is 3.14. The van der Waals surface area contributed by atoms with Crippen LogP contribution in [-0.2, 0) is 33.3 Å². The highest BCUT2D eigenvalue weighted by atomic mass is 35.5. The van der Waals surface area contributed by atoms with E-state index in [4.69, 9.17) is 30.5 Å². The lowest BCUT2D eigenvalue weighted by atomic mass is 10.0. The third kappa shape index (κ3) is 5.14. The number of aliphatic hydroxyl groups excluding tert-OH is 1. The van der Waals surface area contributed by atoms with Gasteiger partial charge in [-0.15, -0.1) is 11.6 Å². The average molecular weight is 325 g/mol. The molecule has 0 aliphatic carbocycles. The molecule has 5 unspecified atom stereocenters. The van der Waals surface area contributed by atoms with Crippen molar-refractivity contribution in [2.45, 2.75) is 50.8 Å². The van der Waals surface area contributed by atoms with Gasteiger partial charge in [0, 0.05) is 20.8 Å². The van der Waals surface area contributed by atoms with Crippen LogP contribution in [0.25, 0.3) is 0 Å². The number of hydrogen-bond donors (Lipinski definition) is 1. The van der Waals surface area contributed by atoms with Crippen molar-refractivity contribution in [3.8, 4) is 0 Å². The van der Waals surface area contributed by atoms with E-state index in [0.29, 0.717) is 0 Å². The molecule has 0 saturated carbocycles. The van der Waals surface area contributed by atoms with E-state index >= 15 is 0 Å². The van der Waals surface area contributed by atoms with Gasteiger partial charge in [0.15, 0.2) is 18.5 Å². The molecule has 0 bridgehead atoms. The van der Waals surface area contributed by atoms with Crippen LogP contribution in [0.1, 0.15) is 20.8 Å². The molecular formula is C12H17ClO8. The molecule has 1 rings (SSSR count). The molecule has 0 aromatic heterocycles. The Morgan fingerprint density at radius 3 is 2.05 bits per heavy atom. The predicted octanol–water partition coefficient (Wildman–Crippen LogP) is -0.263. The largest absolute Gasteiger partial charge is 0.463 e. The zero-order chi connectivity index (χ0) is 16.2. The highest BCUT2D eigenvalue weighted by Gasteiger charge is 2.48. The molecule has 1 saturated heterocycles. The maximum Gasteiger partial charge on any atom is 0.303 e. The van der Waals surface area contributed by atoms with Gasteiger partial charge in [0.1, 0.15) is 18.1 Å². The Labute approximate surface area is 126 Å². The summed E-state index contributed by atoms with van der Waals surface area (Å²) in [6.07, 6.45) is -4.75. The minimum atomic E-state index is -1.52. The monoisotopic (exact) mass is 324 g/mol. The molecule has 1 heterocycles. The van der Waals surface area contributed by atoms with Crippen LogP contribution in [0.15, 0.2) is 0 Å². The highest BCUT2D eigenvalue weighted by molar-refractivity contribution is 6.21. The SMILES string of the molecule is CC(=O)OCC1OC(O)C(OC(C)=O)C(Cl)C1OC(C)=O. The molecule has 5 atom stereocenters. The second kappa shape index (κ2) is 7.58. The summed E-state index contributed by atoms with van der Waals surface area (Å²) in [5, 5.41) is 8.76. The maximum atomic E-state index is 11.1. The van der Waals surface area contributed by atoms with Crippen molar-refractivity contribution < 1.29 is 38.4 Å². The van der Waals surface area contributed by atoms with E-state index in [-0.39, 0.29) is 6.61 Å². The number of esters is 3. The van der Waals surface area contributed by atoms with Gasteiger partial charge in [-0.3, -0.25) is 14.4 Å². The first kappa shape index (κ1) is 17.7. The van der Waals surface area contributed by atoms with Crippen molar-refractivity contribution in [3.05, 3.63) is 0 Å². The van der Waals surface area contributed by atoms with Crippen molar-refractivity contribution in [2.24, 2.45) is 0 Å². The zero-order valence-corrected chi connectivity index (χ0v) is 12.5. The van der Waals surface area contributed by atoms with Gasteiger partial charge >= 0.3 is 17.9 Å². The van der Waals surface area contributed by atoms with Gasteiger partial charge < -0.3 is 24.1 Å². The third-order valence-electron chi connectivity index (χ3n) is 2.64. The standard InChI is InChI=1S/C12H17ClO8/c1-5(14)18-4-8-10(19-6(2)15)9(13)11(12(17)21-8)20-7(3)16/h8-12,17H,4H2,1-3H3. The molecule has 0 aromatic carbocycles. The maximum absolute atomic E-state index is 11.1. The zero-order valence-electron chi connectivity index (χ0n) is 11.8. The number of aliphatic hydroxyl groups is 1. The van der Waals surface area contributed by atoms with E-state index in [0.717, 1.165) is 6.92 Å². The van der Waals surface area contributed by atoms with Crippen molar-refractivity contribution in [2.75, 3.05) is 6.61 Å². The minimum Gasteiger partial charge on any atom is -0.463 e. The summed E-state index contributed by atoms with van der Waals surface area (Å²) in [5.41, 5.74) is 0. The molecule has 1 aliphatic rings. The molecule has 120 valence electrons. The highest BCUT2D eigenvalue weighted by Crippen LogP contribution is 2.29. The van der Waals surface area contributed by atoms with Crippen LogP contribution in [0.3, 0.4) is 0 Å². The predicted molar refractivity (Wildman–Crippen MR) is 68.3 cm³/mol. The Bertz CT molecular complexity index is 410. The molecule has 0 radical (unpaired) electrons. The summed E-state index contributed by atoms with van der Waals surface area (Å²) in [6.45, 7) is 3.24. The Morgan fingerprint density at radius 1 is 1.05 bits per heavy atom. The number of carbonyl (C=O) groups excluding carboxylic acids is 3. The van der Waals surface area contributed by atoms with Gasteiger partial charge in [0.25, 0.3) is 0 Å². The molecule has 21 heavy (non-hydrogen) atoms. The van der Waals surface area contributed by atoms with E-state index in [1.165, 1.54) is 13.8 Å². The fourth-order valence-electron chi connectivity index (χ4n) is 1.86. The lowest BCUT2D eigenvalue weighted by molar-refractivity contribution is -0.260. The van der Waals surface area contributed by atoms with E-state index < -0.39 is 47.9 Å². The van der Waals surface area contributed by atoms with Crippen LogP contribution >= 0.6 is 11.6 Å². The van der Waals surface area contributed by atoms with Gasteiger partial charge in [-0.05, 0) is 0 Å². The molecular weight excluding hydrogens is 308 g/mol. The molecule has 0 amide bonds. The van der Waals surface area contributed by atoms with Crippen LogP contribution in [-0.4, -0.2) is 59.6 Å².